The van der Waals surface area contributed by atoms with Crippen LogP contribution in [0.2, 0.25) is 0 Å². The Morgan fingerprint density at radius 1 is 1.35 bits per heavy atom. The van der Waals surface area contributed by atoms with Crippen molar-refractivity contribution in [2.45, 2.75) is 26.2 Å². The Labute approximate surface area is 136 Å². The number of benzene rings is 1. The highest BCUT2D eigenvalue weighted by molar-refractivity contribution is 5.96. The Hall–Kier alpha value is -2.14. The van der Waals surface area contributed by atoms with Crippen LogP contribution in [0, 0.1) is 12.8 Å². The van der Waals surface area contributed by atoms with Gasteiger partial charge in [-0.2, -0.15) is 0 Å². The van der Waals surface area contributed by atoms with E-state index in [2.05, 4.69) is 17.3 Å². The van der Waals surface area contributed by atoms with Gasteiger partial charge in [-0.15, -0.1) is 0 Å². The van der Waals surface area contributed by atoms with Crippen LogP contribution in [0.4, 0.5) is 0 Å². The van der Waals surface area contributed by atoms with Crippen molar-refractivity contribution in [1.82, 2.24) is 10.1 Å². The largest absolute Gasteiger partial charge is 0.360 e. The number of aromatic nitrogens is 1. The quantitative estimate of drug-likeness (QED) is 0.940. The zero-order valence-electron chi connectivity index (χ0n) is 13.7. The minimum absolute atomic E-state index is 0.0116. The summed E-state index contributed by atoms with van der Waals surface area (Å²) in [5, 5.41) is 3.95. The van der Waals surface area contributed by atoms with E-state index in [0.29, 0.717) is 43.1 Å². The summed E-state index contributed by atoms with van der Waals surface area (Å²) in [6.45, 7) is 5.74. The molecule has 2 heterocycles. The van der Waals surface area contributed by atoms with Gasteiger partial charge in [-0.25, -0.2) is 0 Å². The maximum atomic E-state index is 12.9. The number of nitrogens with zero attached hydrogens (tertiary/aromatic N) is 2. The van der Waals surface area contributed by atoms with E-state index in [-0.39, 0.29) is 17.7 Å². The van der Waals surface area contributed by atoms with Crippen molar-refractivity contribution in [1.29, 1.82) is 0 Å². The lowest BCUT2D eigenvalue weighted by atomic mass is 9.89. The predicted octanol–water partition coefficient (Wildman–Crippen LogP) is 2.36. The van der Waals surface area contributed by atoms with Gasteiger partial charge in [0.2, 0.25) is 0 Å². The molecule has 0 bridgehead atoms. The van der Waals surface area contributed by atoms with E-state index in [9.17, 15) is 4.79 Å². The third kappa shape index (κ3) is 2.88. The molecule has 2 aromatic rings. The molecule has 0 saturated carbocycles. The van der Waals surface area contributed by atoms with Crippen LogP contribution in [-0.4, -0.2) is 35.6 Å². The molecule has 0 unspecified atom stereocenters. The van der Waals surface area contributed by atoms with Crippen molar-refractivity contribution in [3.8, 4) is 0 Å². The third-order valence-electron chi connectivity index (χ3n) is 4.73. The summed E-state index contributed by atoms with van der Waals surface area (Å²) in [5.74, 6) is 1.25. The van der Waals surface area contributed by atoms with Gasteiger partial charge < -0.3 is 15.2 Å². The molecular weight excluding hydrogens is 290 g/mol. The molecule has 1 amide bonds. The van der Waals surface area contributed by atoms with Crippen molar-refractivity contribution >= 4 is 5.91 Å². The van der Waals surface area contributed by atoms with Crippen LogP contribution in [-0.2, 0) is 6.42 Å². The summed E-state index contributed by atoms with van der Waals surface area (Å²) < 4.78 is 5.27. The SMILES string of the molecule is CCc1onc(C)c1C(=O)N1C[C@@H](CN)[C@H](c2ccccc2)C1. The molecule has 23 heavy (non-hydrogen) atoms. The number of nitrogens with two attached hydrogens (primary N) is 1. The fraction of sp³-hybridized carbons (Fsp3) is 0.444. The molecule has 0 spiro atoms. The first-order valence-electron chi connectivity index (χ1n) is 8.15. The molecule has 3 rings (SSSR count). The first-order valence-corrected chi connectivity index (χ1v) is 8.15. The van der Waals surface area contributed by atoms with Gasteiger partial charge in [0, 0.05) is 25.4 Å². The molecule has 1 aliphatic rings. The minimum Gasteiger partial charge on any atom is -0.360 e. The van der Waals surface area contributed by atoms with Gasteiger partial charge in [0.1, 0.15) is 11.3 Å². The second kappa shape index (κ2) is 6.54. The van der Waals surface area contributed by atoms with Crippen molar-refractivity contribution in [3.63, 3.8) is 0 Å². The van der Waals surface area contributed by atoms with Gasteiger partial charge in [0.15, 0.2) is 0 Å². The first-order chi connectivity index (χ1) is 11.2. The van der Waals surface area contributed by atoms with Gasteiger partial charge in [-0.1, -0.05) is 42.4 Å². The maximum absolute atomic E-state index is 12.9. The normalized spacial score (nSPS) is 20.9. The lowest BCUT2D eigenvalue weighted by molar-refractivity contribution is 0.0783. The summed E-state index contributed by atoms with van der Waals surface area (Å²) in [5.41, 5.74) is 8.49. The third-order valence-corrected chi connectivity index (χ3v) is 4.73. The Kier molecular flexibility index (Phi) is 4.48. The highest BCUT2D eigenvalue weighted by Crippen LogP contribution is 2.33. The van der Waals surface area contributed by atoms with Crippen LogP contribution >= 0.6 is 0 Å². The van der Waals surface area contributed by atoms with Crippen LogP contribution in [0.1, 0.15) is 40.2 Å². The summed E-state index contributed by atoms with van der Waals surface area (Å²) >= 11 is 0. The average Bonchev–Trinajstić information content (AvgIpc) is 3.18. The van der Waals surface area contributed by atoms with E-state index in [4.69, 9.17) is 10.3 Å². The molecule has 5 nitrogen and oxygen atoms in total. The molecule has 2 N–H and O–H groups in total. The Balaban J connectivity index is 1.85. The Bertz CT molecular complexity index is 681. The van der Waals surface area contributed by atoms with Crippen molar-refractivity contribution < 1.29 is 9.32 Å². The van der Waals surface area contributed by atoms with Gasteiger partial charge in [-0.3, -0.25) is 4.79 Å². The zero-order chi connectivity index (χ0) is 16.4. The monoisotopic (exact) mass is 313 g/mol. The van der Waals surface area contributed by atoms with Gasteiger partial charge in [0.05, 0.1) is 5.69 Å². The van der Waals surface area contributed by atoms with Crippen LogP contribution in [0.3, 0.4) is 0 Å². The summed E-state index contributed by atoms with van der Waals surface area (Å²) in [7, 11) is 0. The maximum Gasteiger partial charge on any atom is 0.259 e. The van der Waals surface area contributed by atoms with Crippen LogP contribution in [0.5, 0.6) is 0 Å². The molecule has 1 aromatic carbocycles. The second-order valence-corrected chi connectivity index (χ2v) is 6.14. The second-order valence-electron chi connectivity index (χ2n) is 6.14. The van der Waals surface area contributed by atoms with Crippen LogP contribution < -0.4 is 5.73 Å². The van der Waals surface area contributed by atoms with Crippen molar-refractivity contribution in [3.05, 3.63) is 52.9 Å². The molecule has 122 valence electrons. The Morgan fingerprint density at radius 3 is 2.74 bits per heavy atom. The van der Waals surface area contributed by atoms with Crippen molar-refractivity contribution in [2.75, 3.05) is 19.6 Å². The number of likely N-dealkylation sites (tertiary alicyclic amines) is 1. The van der Waals surface area contributed by atoms with Gasteiger partial charge in [0.25, 0.3) is 5.91 Å². The molecular formula is C18H23N3O2. The topological polar surface area (TPSA) is 72.4 Å². The van der Waals surface area contributed by atoms with Gasteiger partial charge >= 0.3 is 0 Å². The minimum atomic E-state index is 0.0116. The van der Waals surface area contributed by atoms with E-state index in [1.54, 1.807) is 0 Å². The van der Waals surface area contributed by atoms with E-state index in [1.165, 1.54) is 5.56 Å². The molecule has 0 radical (unpaired) electrons. The standard InChI is InChI=1S/C18H23N3O2/c1-3-16-17(12(2)20-23-16)18(22)21-10-14(9-19)15(11-21)13-7-5-4-6-8-13/h4-8,14-15H,3,9-11,19H2,1-2H3/t14-,15+/m1/s1. The molecule has 1 fully saturated rings. The highest BCUT2D eigenvalue weighted by Gasteiger charge is 2.37. The van der Waals surface area contributed by atoms with Crippen LogP contribution in [0.15, 0.2) is 34.9 Å². The summed E-state index contributed by atoms with van der Waals surface area (Å²) in [6, 6.07) is 10.3. The summed E-state index contributed by atoms with van der Waals surface area (Å²) in [6.07, 6.45) is 0.665. The molecule has 1 saturated heterocycles. The van der Waals surface area contributed by atoms with Gasteiger partial charge in [-0.05, 0) is 24.9 Å². The molecule has 0 aliphatic carbocycles. The van der Waals surface area contributed by atoms with E-state index >= 15 is 0 Å². The zero-order valence-corrected chi connectivity index (χ0v) is 13.7. The number of hydrogen-bond donors (Lipinski definition) is 1. The predicted molar refractivity (Wildman–Crippen MR) is 88.2 cm³/mol. The average molecular weight is 313 g/mol. The smallest absolute Gasteiger partial charge is 0.259 e. The van der Waals surface area contributed by atoms with Crippen molar-refractivity contribution in [2.24, 2.45) is 11.7 Å². The Morgan fingerprint density at radius 2 is 2.09 bits per heavy atom. The molecule has 1 aliphatic heterocycles. The fourth-order valence-corrected chi connectivity index (χ4v) is 3.44. The van der Waals surface area contributed by atoms with E-state index in [1.807, 2.05) is 36.9 Å². The number of rotatable bonds is 4. The number of carbonyl (C=O) groups is 1. The number of amides is 1. The lowest BCUT2D eigenvalue weighted by Gasteiger charge is -2.17. The van der Waals surface area contributed by atoms with E-state index < -0.39 is 0 Å². The molecule has 1 aromatic heterocycles. The number of carbonyl (C=O) groups excluding carboxylic acids is 1. The van der Waals surface area contributed by atoms with E-state index in [0.717, 1.165) is 0 Å². The highest BCUT2D eigenvalue weighted by atomic mass is 16.5. The van der Waals surface area contributed by atoms with Crippen LogP contribution in [0.25, 0.3) is 0 Å². The molecule has 5 heteroatoms. The number of aryl methyl sites for hydroxylation is 2. The summed E-state index contributed by atoms with van der Waals surface area (Å²) in [4.78, 5) is 14.8. The lowest BCUT2D eigenvalue weighted by Crippen LogP contribution is -2.30. The first kappa shape index (κ1) is 15.7. The molecule has 2 atom stereocenters. The number of hydrogen-bond acceptors (Lipinski definition) is 4. The fourth-order valence-electron chi connectivity index (χ4n) is 3.44.